The molecule has 0 aromatic heterocycles. The van der Waals surface area contributed by atoms with Crippen LogP contribution < -0.4 is 0 Å². The Morgan fingerprint density at radius 3 is 2.59 bits per heavy atom. The number of urea groups is 1. The Kier molecular flexibility index (Phi) is 4.26. The van der Waals surface area contributed by atoms with E-state index < -0.39 is 17.6 Å². The predicted molar refractivity (Wildman–Crippen MR) is 64.9 cm³/mol. The molecule has 0 bridgehead atoms. The molecule has 0 aromatic carbocycles. The zero-order valence-corrected chi connectivity index (χ0v) is 11.0. The third-order valence-corrected chi connectivity index (χ3v) is 3.38. The molecule has 7 heteroatoms. The molecule has 17 heavy (non-hydrogen) atoms. The summed E-state index contributed by atoms with van der Waals surface area (Å²) in [6.45, 7) is 3.37. The molecule has 0 spiro atoms. The summed E-state index contributed by atoms with van der Waals surface area (Å²) < 4.78 is 0. The summed E-state index contributed by atoms with van der Waals surface area (Å²) in [7, 11) is 1.56. The van der Waals surface area contributed by atoms with Gasteiger partial charge in [-0.2, -0.15) is 0 Å². The van der Waals surface area contributed by atoms with E-state index in [1.54, 1.807) is 20.9 Å². The first kappa shape index (κ1) is 14.1. The number of carboxylic acids is 1. The maximum Gasteiger partial charge on any atom is 0.327 e. The van der Waals surface area contributed by atoms with E-state index in [0.29, 0.717) is 11.6 Å². The Morgan fingerprint density at radius 1 is 1.53 bits per heavy atom. The van der Waals surface area contributed by atoms with Crippen LogP contribution in [0.2, 0.25) is 0 Å². The summed E-state index contributed by atoms with van der Waals surface area (Å²) in [5.74, 6) is -0.191. The van der Waals surface area contributed by atoms with Crippen LogP contribution in [0.4, 0.5) is 4.79 Å². The molecular weight excluding hydrogens is 244 g/mol. The topological polar surface area (TPSA) is 81.1 Å². The van der Waals surface area contributed by atoms with Crippen LogP contribution in [0.1, 0.15) is 13.8 Å². The molecule has 1 heterocycles. The van der Waals surface area contributed by atoms with Crippen LogP contribution in [0, 0.1) is 0 Å². The molecule has 6 nitrogen and oxygen atoms in total. The second kappa shape index (κ2) is 5.14. The van der Waals surface area contributed by atoms with E-state index in [0.717, 1.165) is 0 Å². The summed E-state index contributed by atoms with van der Waals surface area (Å²) in [5.41, 5.74) is -0.990. The number of aliphatic carboxylic acids is 1. The number of thioether (sulfide) groups is 1. The minimum Gasteiger partial charge on any atom is -0.480 e. The van der Waals surface area contributed by atoms with Gasteiger partial charge in [0.25, 0.3) is 0 Å². The Balaban J connectivity index is 2.66. The Labute approximate surface area is 105 Å². The molecule has 1 aliphatic heterocycles. The number of carboxylic acid groups (broad SMARTS) is 1. The van der Waals surface area contributed by atoms with E-state index in [4.69, 9.17) is 5.11 Å². The second-order valence-electron chi connectivity index (χ2n) is 4.77. The van der Waals surface area contributed by atoms with Gasteiger partial charge < -0.3 is 20.0 Å². The van der Waals surface area contributed by atoms with E-state index in [-0.39, 0.29) is 12.6 Å². The Hall–Kier alpha value is -0.950. The average Bonchev–Trinajstić information content (AvgIpc) is 2.61. The number of nitrogens with zero attached hydrogens (tertiary/aromatic N) is 2. The summed E-state index contributed by atoms with van der Waals surface area (Å²) in [6.07, 6.45) is 0. The molecule has 0 aromatic rings. The maximum atomic E-state index is 12.0. The van der Waals surface area contributed by atoms with Crippen LogP contribution in [-0.2, 0) is 4.79 Å². The standard InChI is InChI=1S/C10H18N2O4S/c1-10(2,16)5-11(3)9(15)12-6-17-4-7(12)8(13)14/h7,16H,4-6H2,1-3H3,(H,13,14)/t7-/m0/s1. The Bertz CT molecular complexity index is 316. The second-order valence-corrected chi connectivity index (χ2v) is 5.77. The summed E-state index contributed by atoms with van der Waals surface area (Å²) >= 11 is 1.42. The number of hydrogen-bond donors (Lipinski definition) is 2. The quantitative estimate of drug-likeness (QED) is 0.763. The smallest absolute Gasteiger partial charge is 0.327 e. The lowest BCUT2D eigenvalue weighted by molar-refractivity contribution is -0.140. The van der Waals surface area contributed by atoms with Gasteiger partial charge in [-0.15, -0.1) is 11.8 Å². The van der Waals surface area contributed by atoms with E-state index in [2.05, 4.69) is 0 Å². The van der Waals surface area contributed by atoms with Crippen LogP contribution in [0.25, 0.3) is 0 Å². The van der Waals surface area contributed by atoms with Gasteiger partial charge in [0, 0.05) is 12.8 Å². The van der Waals surface area contributed by atoms with Crippen LogP contribution in [0.3, 0.4) is 0 Å². The van der Waals surface area contributed by atoms with E-state index in [1.807, 2.05) is 0 Å². The molecule has 0 radical (unpaired) electrons. The summed E-state index contributed by atoms with van der Waals surface area (Å²) in [4.78, 5) is 25.6. The molecule has 1 aliphatic rings. The maximum absolute atomic E-state index is 12.0. The molecule has 0 saturated carbocycles. The Morgan fingerprint density at radius 2 is 2.12 bits per heavy atom. The molecule has 0 unspecified atom stereocenters. The first-order valence-corrected chi connectivity index (χ1v) is 6.42. The van der Waals surface area contributed by atoms with Crippen LogP contribution >= 0.6 is 11.8 Å². The third kappa shape index (κ3) is 3.78. The number of aliphatic hydroxyl groups is 1. The largest absolute Gasteiger partial charge is 0.480 e. The van der Waals surface area contributed by atoms with Gasteiger partial charge in [-0.25, -0.2) is 9.59 Å². The van der Waals surface area contributed by atoms with Gasteiger partial charge in [-0.3, -0.25) is 0 Å². The highest BCUT2D eigenvalue weighted by Gasteiger charge is 2.36. The number of hydrogen-bond acceptors (Lipinski definition) is 4. The predicted octanol–water partition coefficient (Wildman–Crippen LogP) is 0.269. The van der Waals surface area contributed by atoms with Crippen molar-refractivity contribution in [1.82, 2.24) is 9.80 Å². The van der Waals surface area contributed by atoms with Gasteiger partial charge in [0.05, 0.1) is 18.0 Å². The summed E-state index contributed by atoms with van der Waals surface area (Å²) in [6, 6.07) is -1.12. The average molecular weight is 262 g/mol. The van der Waals surface area contributed by atoms with Gasteiger partial charge >= 0.3 is 12.0 Å². The molecule has 98 valence electrons. The van der Waals surface area contributed by atoms with Crippen molar-refractivity contribution in [2.75, 3.05) is 25.2 Å². The lowest BCUT2D eigenvalue weighted by Gasteiger charge is -2.30. The number of amides is 2. The molecule has 0 aliphatic carbocycles. The van der Waals surface area contributed by atoms with Crippen molar-refractivity contribution < 1.29 is 19.8 Å². The van der Waals surface area contributed by atoms with Crippen LogP contribution in [0.15, 0.2) is 0 Å². The van der Waals surface area contributed by atoms with Gasteiger partial charge in [-0.05, 0) is 13.8 Å². The van der Waals surface area contributed by atoms with E-state index in [9.17, 15) is 14.7 Å². The van der Waals surface area contributed by atoms with Crippen molar-refractivity contribution in [1.29, 1.82) is 0 Å². The number of likely N-dealkylation sites (N-methyl/N-ethyl adjacent to an activating group) is 1. The van der Waals surface area contributed by atoms with Crippen LogP contribution in [0.5, 0.6) is 0 Å². The number of carbonyl (C=O) groups is 2. The molecule has 2 N–H and O–H groups in total. The fourth-order valence-electron chi connectivity index (χ4n) is 1.70. The SMILES string of the molecule is CN(CC(C)(C)O)C(=O)N1CSC[C@H]1C(=O)O. The lowest BCUT2D eigenvalue weighted by Crippen LogP contribution is -2.50. The minimum atomic E-state index is -0.990. The van der Waals surface area contributed by atoms with E-state index >= 15 is 0 Å². The zero-order valence-electron chi connectivity index (χ0n) is 10.2. The summed E-state index contributed by atoms with van der Waals surface area (Å²) in [5, 5.41) is 18.6. The van der Waals surface area contributed by atoms with Crippen molar-refractivity contribution in [2.45, 2.75) is 25.5 Å². The van der Waals surface area contributed by atoms with Crippen molar-refractivity contribution in [3.63, 3.8) is 0 Å². The third-order valence-electron chi connectivity index (χ3n) is 2.36. The monoisotopic (exact) mass is 262 g/mol. The van der Waals surface area contributed by atoms with Gasteiger partial charge in [0.2, 0.25) is 0 Å². The minimum absolute atomic E-state index is 0.166. The van der Waals surface area contributed by atoms with Crippen LogP contribution in [-0.4, -0.2) is 68.9 Å². The van der Waals surface area contributed by atoms with Gasteiger partial charge in [0.1, 0.15) is 6.04 Å². The van der Waals surface area contributed by atoms with Crippen molar-refractivity contribution in [2.24, 2.45) is 0 Å². The normalized spacial score (nSPS) is 20.5. The molecule has 2 amide bonds. The highest BCUT2D eigenvalue weighted by Crippen LogP contribution is 2.22. The van der Waals surface area contributed by atoms with E-state index in [1.165, 1.54) is 21.6 Å². The molecule has 1 atom stereocenters. The molecular formula is C10H18N2O4S. The first-order chi connectivity index (χ1) is 7.72. The lowest BCUT2D eigenvalue weighted by atomic mass is 10.1. The van der Waals surface area contributed by atoms with Gasteiger partial charge in [0.15, 0.2) is 0 Å². The first-order valence-electron chi connectivity index (χ1n) is 5.27. The zero-order chi connectivity index (χ0) is 13.2. The molecule has 1 rings (SSSR count). The highest BCUT2D eigenvalue weighted by molar-refractivity contribution is 7.99. The fraction of sp³-hybridized carbons (Fsp3) is 0.800. The highest BCUT2D eigenvalue weighted by atomic mass is 32.2. The number of carbonyl (C=O) groups excluding carboxylic acids is 1. The van der Waals surface area contributed by atoms with Crippen molar-refractivity contribution >= 4 is 23.8 Å². The molecule has 1 fully saturated rings. The van der Waals surface area contributed by atoms with Crippen molar-refractivity contribution in [3.8, 4) is 0 Å². The van der Waals surface area contributed by atoms with Crippen molar-refractivity contribution in [3.05, 3.63) is 0 Å². The number of rotatable bonds is 3. The fourth-order valence-corrected chi connectivity index (χ4v) is 2.84. The molecule has 1 saturated heterocycles. The van der Waals surface area contributed by atoms with Gasteiger partial charge in [-0.1, -0.05) is 0 Å².